The first-order valence-corrected chi connectivity index (χ1v) is 8.50. The second-order valence-corrected chi connectivity index (χ2v) is 6.42. The van der Waals surface area contributed by atoms with Gasteiger partial charge in [-0.2, -0.15) is 5.26 Å². The Bertz CT molecular complexity index is 762. The van der Waals surface area contributed by atoms with E-state index in [1.165, 1.54) is 11.1 Å². The van der Waals surface area contributed by atoms with Crippen LogP contribution in [0.1, 0.15) is 30.5 Å². The van der Waals surface area contributed by atoms with Gasteiger partial charge < -0.3 is 10.1 Å². The number of carbonyl (C=O) groups is 1. The van der Waals surface area contributed by atoms with E-state index in [0.29, 0.717) is 17.9 Å². The van der Waals surface area contributed by atoms with Crippen LogP contribution < -0.4 is 10.1 Å². The Morgan fingerprint density at radius 1 is 1.20 bits per heavy atom. The summed E-state index contributed by atoms with van der Waals surface area (Å²) in [4.78, 5) is 12.5. The van der Waals surface area contributed by atoms with Gasteiger partial charge in [0.25, 0.3) is 5.91 Å². The molecule has 1 N–H and O–H groups in total. The van der Waals surface area contributed by atoms with Crippen LogP contribution in [0.5, 0.6) is 5.75 Å². The molecule has 2 aromatic rings. The Hall–Kier alpha value is -2.80. The maximum Gasteiger partial charge on any atom is 0.261 e. The Morgan fingerprint density at radius 2 is 1.96 bits per heavy atom. The molecule has 25 heavy (non-hydrogen) atoms. The van der Waals surface area contributed by atoms with Crippen LogP contribution in [0, 0.1) is 24.2 Å². The molecule has 0 aliphatic heterocycles. The minimum absolute atomic E-state index is 0.00859. The van der Waals surface area contributed by atoms with E-state index in [0.717, 1.165) is 6.42 Å². The summed E-state index contributed by atoms with van der Waals surface area (Å²) in [5.74, 6) is 0.277. The molecule has 0 bridgehead atoms. The number of aryl methyl sites for hydroxylation is 1. The fourth-order valence-electron chi connectivity index (χ4n) is 2.59. The van der Waals surface area contributed by atoms with Gasteiger partial charge >= 0.3 is 0 Å². The third-order valence-corrected chi connectivity index (χ3v) is 3.92. The highest BCUT2D eigenvalue weighted by molar-refractivity contribution is 5.81. The predicted molar refractivity (Wildman–Crippen MR) is 98.3 cm³/mol. The number of rotatable bonds is 7. The van der Waals surface area contributed by atoms with Crippen LogP contribution in [0.25, 0.3) is 0 Å². The smallest absolute Gasteiger partial charge is 0.261 e. The average molecular weight is 336 g/mol. The minimum atomic E-state index is -0.632. The van der Waals surface area contributed by atoms with Gasteiger partial charge in [0, 0.05) is 6.54 Å². The summed E-state index contributed by atoms with van der Waals surface area (Å²) in [7, 11) is 0. The highest BCUT2D eigenvalue weighted by Gasteiger charge is 2.24. The van der Waals surface area contributed by atoms with Crippen molar-refractivity contribution in [3.63, 3.8) is 0 Å². The molecule has 0 aliphatic rings. The number of amides is 1. The van der Waals surface area contributed by atoms with Gasteiger partial charge in [-0.3, -0.25) is 4.79 Å². The molecular formula is C21H24N2O2. The SMILES string of the molecule is Cc1cccc(CCNC(=O)C(Oc2ccccc2C#N)C(C)C)c1. The first kappa shape index (κ1) is 18.5. The normalized spacial score (nSPS) is 11.6. The largest absolute Gasteiger partial charge is 0.479 e. The molecule has 0 heterocycles. The molecule has 2 aromatic carbocycles. The maximum absolute atomic E-state index is 12.5. The molecular weight excluding hydrogens is 312 g/mol. The fraction of sp³-hybridized carbons (Fsp3) is 0.333. The zero-order chi connectivity index (χ0) is 18.2. The van der Waals surface area contributed by atoms with Crippen molar-refractivity contribution in [2.45, 2.75) is 33.3 Å². The van der Waals surface area contributed by atoms with E-state index in [1.807, 2.05) is 19.9 Å². The summed E-state index contributed by atoms with van der Waals surface area (Å²) < 4.78 is 5.85. The summed E-state index contributed by atoms with van der Waals surface area (Å²) >= 11 is 0. The van der Waals surface area contributed by atoms with Crippen molar-refractivity contribution in [2.24, 2.45) is 5.92 Å². The van der Waals surface area contributed by atoms with E-state index < -0.39 is 6.10 Å². The van der Waals surface area contributed by atoms with Gasteiger partial charge in [0.15, 0.2) is 6.10 Å². The van der Waals surface area contributed by atoms with Gasteiger partial charge in [-0.1, -0.05) is 55.8 Å². The molecule has 0 spiro atoms. The first-order chi connectivity index (χ1) is 12.0. The molecule has 2 rings (SSSR count). The molecule has 1 amide bonds. The zero-order valence-corrected chi connectivity index (χ0v) is 15.0. The fourth-order valence-corrected chi connectivity index (χ4v) is 2.59. The number of carbonyl (C=O) groups excluding carboxylic acids is 1. The molecule has 4 heteroatoms. The van der Waals surface area contributed by atoms with E-state index in [4.69, 9.17) is 10.00 Å². The Labute approximate surface area is 149 Å². The predicted octanol–water partition coefficient (Wildman–Crippen LogP) is 3.63. The quantitative estimate of drug-likeness (QED) is 0.840. The highest BCUT2D eigenvalue weighted by Crippen LogP contribution is 2.20. The molecule has 1 atom stereocenters. The Morgan fingerprint density at radius 3 is 2.64 bits per heavy atom. The zero-order valence-electron chi connectivity index (χ0n) is 15.0. The number of para-hydroxylation sites is 1. The Balaban J connectivity index is 1.97. The molecule has 1 unspecified atom stereocenters. The van der Waals surface area contributed by atoms with E-state index in [2.05, 4.69) is 36.5 Å². The highest BCUT2D eigenvalue weighted by atomic mass is 16.5. The van der Waals surface area contributed by atoms with Crippen LogP contribution in [0.2, 0.25) is 0 Å². The van der Waals surface area contributed by atoms with E-state index in [1.54, 1.807) is 24.3 Å². The van der Waals surface area contributed by atoms with E-state index >= 15 is 0 Å². The summed E-state index contributed by atoms with van der Waals surface area (Å²) in [6, 6.07) is 17.3. The van der Waals surface area contributed by atoms with Crippen molar-refractivity contribution in [1.82, 2.24) is 5.32 Å². The summed E-state index contributed by atoms with van der Waals surface area (Å²) in [5.41, 5.74) is 2.83. The molecule has 0 radical (unpaired) electrons. The standard InChI is InChI=1S/C21H24N2O2/c1-15(2)20(25-19-10-5-4-9-18(19)14-22)21(24)23-12-11-17-8-6-7-16(3)13-17/h4-10,13,15,20H,11-12H2,1-3H3,(H,23,24). The van der Waals surface area contributed by atoms with Crippen molar-refractivity contribution in [3.05, 3.63) is 65.2 Å². The minimum Gasteiger partial charge on any atom is -0.479 e. The average Bonchev–Trinajstić information content (AvgIpc) is 2.59. The molecule has 130 valence electrons. The molecule has 0 saturated carbocycles. The molecule has 0 aromatic heterocycles. The van der Waals surface area contributed by atoms with Gasteiger partial charge in [0.1, 0.15) is 11.8 Å². The van der Waals surface area contributed by atoms with Crippen molar-refractivity contribution in [3.8, 4) is 11.8 Å². The maximum atomic E-state index is 12.5. The van der Waals surface area contributed by atoms with Crippen molar-refractivity contribution >= 4 is 5.91 Å². The summed E-state index contributed by atoms with van der Waals surface area (Å²) in [6.07, 6.45) is 0.138. The lowest BCUT2D eigenvalue weighted by Crippen LogP contribution is -2.42. The summed E-state index contributed by atoms with van der Waals surface area (Å²) in [6.45, 7) is 6.46. The van der Waals surface area contributed by atoms with Crippen LogP contribution in [-0.4, -0.2) is 18.6 Å². The second-order valence-electron chi connectivity index (χ2n) is 6.42. The lowest BCUT2D eigenvalue weighted by atomic mass is 10.1. The van der Waals surface area contributed by atoms with Gasteiger partial charge in [-0.15, -0.1) is 0 Å². The van der Waals surface area contributed by atoms with Crippen LogP contribution in [-0.2, 0) is 11.2 Å². The molecule has 4 nitrogen and oxygen atoms in total. The van der Waals surface area contributed by atoms with E-state index in [9.17, 15) is 4.79 Å². The Kier molecular flexibility index (Phi) is 6.59. The number of hydrogen-bond acceptors (Lipinski definition) is 3. The monoisotopic (exact) mass is 336 g/mol. The summed E-state index contributed by atoms with van der Waals surface area (Å²) in [5, 5.41) is 12.1. The van der Waals surface area contributed by atoms with E-state index in [-0.39, 0.29) is 11.8 Å². The number of nitrogens with zero attached hydrogens (tertiary/aromatic N) is 1. The first-order valence-electron chi connectivity index (χ1n) is 8.50. The van der Waals surface area contributed by atoms with Gasteiger partial charge in [-0.05, 0) is 37.0 Å². The van der Waals surface area contributed by atoms with Crippen molar-refractivity contribution < 1.29 is 9.53 Å². The van der Waals surface area contributed by atoms with Crippen LogP contribution in [0.15, 0.2) is 48.5 Å². The number of nitriles is 1. The third-order valence-electron chi connectivity index (χ3n) is 3.92. The van der Waals surface area contributed by atoms with Gasteiger partial charge in [-0.25, -0.2) is 0 Å². The van der Waals surface area contributed by atoms with Crippen LogP contribution in [0.4, 0.5) is 0 Å². The number of benzene rings is 2. The molecule has 0 saturated heterocycles. The second kappa shape index (κ2) is 8.89. The van der Waals surface area contributed by atoms with Crippen molar-refractivity contribution in [2.75, 3.05) is 6.54 Å². The van der Waals surface area contributed by atoms with Crippen molar-refractivity contribution in [1.29, 1.82) is 5.26 Å². The number of ether oxygens (including phenoxy) is 1. The van der Waals surface area contributed by atoms with Gasteiger partial charge in [0.2, 0.25) is 0 Å². The molecule has 0 aliphatic carbocycles. The molecule has 0 fully saturated rings. The third kappa shape index (κ3) is 5.36. The van der Waals surface area contributed by atoms with Crippen LogP contribution >= 0.6 is 0 Å². The lowest BCUT2D eigenvalue weighted by molar-refractivity contribution is -0.129. The number of hydrogen-bond donors (Lipinski definition) is 1. The number of nitrogens with one attached hydrogen (secondary N) is 1. The topological polar surface area (TPSA) is 62.1 Å². The van der Waals surface area contributed by atoms with Crippen LogP contribution in [0.3, 0.4) is 0 Å². The van der Waals surface area contributed by atoms with Gasteiger partial charge in [0.05, 0.1) is 5.56 Å². The lowest BCUT2D eigenvalue weighted by Gasteiger charge is -2.22.